The Hall–Kier alpha value is -1.85. The summed E-state index contributed by atoms with van der Waals surface area (Å²) in [6.07, 6.45) is 8.51. The highest BCUT2D eigenvalue weighted by Gasteiger charge is 2.19. The third kappa shape index (κ3) is 4.58. The fourth-order valence-corrected chi connectivity index (χ4v) is 2.66. The largest absolute Gasteiger partial charge is 0.481 e. The molecule has 0 saturated heterocycles. The molecule has 0 fully saturated rings. The van der Waals surface area contributed by atoms with Gasteiger partial charge in [-0.15, -0.1) is 0 Å². The molecule has 0 saturated carbocycles. The summed E-state index contributed by atoms with van der Waals surface area (Å²) in [4.78, 5) is 22.5. The number of carbonyl (C=O) groups is 2. The summed E-state index contributed by atoms with van der Waals surface area (Å²) in [6.45, 7) is 1.54. The maximum Gasteiger partial charge on any atom is 0.303 e. The zero-order valence-corrected chi connectivity index (χ0v) is 12.3. The molecule has 0 atom stereocenters. The van der Waals surface area contributed by atoms with Gasteiger partial charge in [-0.25, -0.2) is 0 Å². The summed E-state index contributed by atoms with van der Waals surface area (Å²) in [6, 6.07) is 0. The number of amides is 1. The van der Waals surface area contributed by atoms with E-state index in [2.05, 4.69) is 10.4 Å². The minimum atomic E-state index is -0.741. The quantitative estimate of drug-likeness (QED) is 0.718. The van der Waals surface area contributed by atoms with E-state index in [1.165, 1.54) is 0 Å². The number of nitrogens with zero attached hydrogens (tertiary/aromatic N) is 2. The van der Waals surface area contributed by atoms with Crippen molar-refractivity contribution >= 4 is 11.9 Å². The Morgan fingerprint density at radius 1 is 1.24 bits per heavy atom. The molecule has 6 heteroatoms. The average Bonchev–Trinajstić information content (AvgIpc) is 2.89. The number of hydrogen-bond donors (Lipinski definition) is 2. The summed E-state index contributed by atoms with van der Waals surface area (Å²) < 4.78 is 1.93. The minimum absolute atomic E-state index is 0.0383. The van der Waals surface area contributed by atoms with Gasteiger partial charge < -0.3 is 10.4 Å². The van der Waals surface area contributed by atoms with E-state index in [1.54, 1.807) is 6.20 Å². The summed E-state index contributed by atoms with van der Waals surface area (Å²) in [5.74, 6) is -0.780. The lowest BCUT2D eigenvalue weighted by Gasteiger charge is -2.14. The number of hydrogen-bond acceptors (Lipinski definition) is 3. The molecule has 6 nitrogen and oxygen atoms in total. The van der Waals surface area contributed by atoms with Gasteiger partial charge in [0, 0.05) is 19.5 Å². The molecule has 0 bridgehead atoms. The predicted molar refractivity (Wildman–Crippen MR) is 78.2 cm³/mol. The van der Waals surface area contributed by atoms with Crippen LogP contribution in [-0.2, 0) is 17.8 Å². The van der Waals surface area contributed by atoms with E-state index in [-0.39, 0.29) is 12.3 Å². The number of carboxylic acid groups (broad SMARTS) is 1. The number of aliphatic carboxylic acids is 1. The molecule has 1 aliphatic rings. The second kappa shape index (κ2) is 7.81. The second-order valence-electron chi connectivity index (χ2n) is 5.50. The van der Waals surface area contributed by atoms with Crippen LogP contribution < -0.4 is 5.32 Å². The van der Waals surface area contributed by atoms with Gasteiger partial charge in [-0.2, -0.15) is 5.10 Å². The van der Waals surface area contributed by atoms with E-state index in [9.17, 15) is 9.59 Å². The van der Waals surface area contributed by atoms with Crippen molar-refractivity contribution in [1.82, 2.24) is 15.1 Å². The lowest BCUT2D eigenvalue weighted by molar-refractivity contribution is -0.137. The molecule has 0 unspecified atom stereocenters. The lowest BCUT2D eigenvalue weighted by atomic mass is 10.1. The first-order valence-corrected chi connectivity index (χ1v) is 7.73. The highest BCUT2D eigenvalue weighted by atomic mass is 16.4. The number of unbranched alkanes of at least 4 members (excludes halogenated alkanes) is 3. The molecule has 0 aromatic carbocycles. The number of nitrogens with one attached hydrogen (secondary N) is 1. The van der Waals surface area contributed by atoms with E-state index in [0.29, 0.717) is 18.5 Å². The van der Waals surface area contributed by atoms with Gasteiger partial charge in [-0.3, -0.25) is 14.3 Å². The molecular formula is C15H23N3O3. The number of carboxylic acids is 1. The van der Waals surface area contributed by atoms with E-state index >= 15 is 0 Å². The third-order valence-electron chi connectivity index (χ3n) is 3.83. The van der Waals surface area contributed by atoms with E-state index < -0.39 is 5.97 Å². The number of aromatic nitrogens is 2. The first-order chi connectivity index (χ1) is 10.2. The third-order valence-corrected chi connectivity index (χ3v) is 3.83. The number of fused-ring (bicyclic) bond motifs is 1. The first kappa shape index (κ1) is 15.5. The maximum absolute atomic E-state index is 12.1. The van der Waals surface area contributed by atoms with Crippen molar-refractivity contribution in [3.63, 3.8) is 0 Å². The monoisotopic (exact) mass is 293 g/mol. The molecule has 1 aromatic rings. The molecule has 2 N–H and O–H groups in total. The molecule has 1 aliphatic heterocycles. The molecule has 116 valence electrons. The Balaban J connectivity index is 1.66. The number of carbonyl (C=O) groups excluding carboxylic acids is 1. The number of aryl methyl sites for hydroxylation is 1. The van der Waals surface area contributed by atoms with Crippen LogP contribution in [0.1, 0.15) is 61.0 Å². The second-order valence-corrected chi connectivity index (χ2v) is 5.50. The molecule has 0 aliphatic carbocycles. The summed E-state index contributed by atoms with van der Waals surface area (Å²) in [5, 5.41) is 15.7. The Bertz CT molecular complexity index is 496. The van der Waals surface area contributed by atoms with Crippen LogP contribution in [0.3, 0.4) is 0 Å². The van der Waals surface area contributed by atoms with Gasteiger partial charge in [0.25, 0.3) is 5.91 Å². The molecule has 21 heavy (non-hydrogen) atoms. The van der Waals surface area contributed by atoms with Crippen molar-refractivity contribution in [2.75, 3.05) is 6.54 Å². The van der Waals surface area contributed by atoms with Crippen molar-refractivity contribution in [1.29, 1.82) is 0 Å². The van der Waals surface area contributed by atoms with Crippen LogP contribution in [0, 0.1) is 0 Å². The van der Waals surface area contributed by atoms with Crippen LogP contribution in [0.2, 0.25) is 0 Å². The predicted octanol–water partition coefficient (Wildman–Crippen LogP) is 1.98. The van der Waals surface area contributed by atoms with Gasteiger partial charge in [-0.05, 0) is 32.1 Å². The van der Waals surface area contributed by atoms with Crippen LogP contribution in [0.4, 0.5) is 0 Å². The lowest BCUT2D eigenvalue weighted by Crippen LogP contribution is -2.26. The van der Waals surface area contributed by atoms with Crippen LogP contribution in [-0.4, -0.2) is 33.3 Å². The van der Waals surface area contributed by atoms with Gasteiger partial charge in [0.1, 0.15) is 0 Å². The van der Waals surface area contributed by atoms with Gasteiger partial charge >= 0.3 is 5.97 Å². The SMILES string of the molecule is O=C(O)CCCCCCNC(=O)c1cnn2c1CCCC2. The van der Waals surface area contributed by atoms with Crippen molar-refractivity contribution in [3.8, 4) is 0 Å². The van der Waals surface area contributed by atoms with Crippen LogP contribution in [0.5, 0.6) is 0 Å². The zero-order chi connectivity index (χ0) is 15.1. The van der Waals surface area contributed by atoms with E-state index in [4.69, 9.17) is 5.11 Å². The highest BCUT2D eigenvalue weighted by Crippen LogP contribution is 2.17. The van der Waals surface area contributed by atoms with E-state index in [0.717, 1.165) is 50.8 Å². The van der Waals surface area contributed by atoms with Crippen molar-refractivity contribution < 1.29 is 14.7 Å². The van der Waals surface area contributed by atoms with Crippen molar-refractivity contribution in [3.05, 3.63) is 17.5 Å². The molecule has 1 aromatic heterocycles. The van der Waals surface area contributed by atoms with Gasteiger partial charge in [0.2, 0.25) is 0 Å². The molecular weight excluding hydrogens is 270 g/mol. The molecule has 2 heterocycles. The average molecular weight is 293 g/mol. The summed E-state index contributed by atoms with van der Waals surface area (Å²) in [7, 11) is 0. The van der Waals surface area contributed by atoms with Crippen molar-refractivity contribution in [2.45, 2.75) is 57.9 Å². The standard InChI is InChI=1S/C15H23N3O3/c19-14(20)8-3-1-2-5-9-16-15(21)12-11-17-18-10-6-4-7-13(12)18/h11H,1-10H2,(H,16,21)(H,19,20). The van der Waals surface area contributed by atoms with Gasteiger partial charge in [0.15, 0.2) is 0 Å². The smallest absolute Gasteiger partial charge is 0.303 e. The Kier molecular flexibility index (Phi) is 5.78. The molecule has 1 amide bonds. The van der Waals surface area contributed by atoms with Crippen LogP contribution in [0.25, 0.3) is 0 Å². The van der Waals surface area contributed by atoms with Crippen LogP contribution >= 0.6 is 0 Å². The zero-order valence-electron chi connectivity index (χ0n) is 12.3. The summed E-state index contributed by atoms with van der Waals surface area (Å²) >= 11 is 0. The normalized spacial score (nSPS) is 13.7. The van der Waals surface area contributed by atoms with Gasteiger partial charge in [-0.1, -0.05) is 12.8 Å². The molecule has 2 rings (SSSR count). The molecule has 0 spiro atoms. The summed E-state index contributed by atoms with van der Waals surface area (Å²) in [5.41, 5.74) is 1.76. The fourth-order valence-electron chi connectivity index (χ4n) is 2.66. The maximum atomic E-state index is 12.1. The van der Waals surface area contributed by atoms with E-state index in [1.807, 2.05) is 4.68 Å². The van der Waals surface area contributed by atoms with Gasteiger partial charge in [0.05, 0.1) is 17.5 Å². The first-order valence-electron chi connectivity index (χ1n) is 7.73. The Morgan fingerprint density at radius 2 is 2.05 bits per heavy atom. The van der Waals surface area contributed by atoms with Crippen molar-refractivity contribution in [2.24, 2.45) is 0 Å². The van der Waals surface area contributed by atoms with Crippen LogP contribution in [0.15, 0.2) is 6.20 Å². The Labute approximate surface area is 124 Å². The molecule has 0 radical (unpaired) electrons. The number of rotatable bonds is 8. The fraction of sp³-hybridized carbons (Fsp3) is 0.667. The highest BCUT2D eigenvalue weighted by molar-refractivity contribution is 5.95. The minimum Gasteiger partial charge on any atom is -0.481 e. The topological polar surface area (TPSA) is 84.2 Å². The Morgan fingerprint density at radius 3 is 2.86 bits per heavy atom.